The van der Waals surface area contributed by atoms with Crippen molar-refractivity contribution in [3.05, 3.63) is 33.2 Å². The summed E-state index contributed by atoms with van der Waals surface area (Å²) in [6.07, 6.45) is 0. The van der Waals surface area contributed by atoms with Crippen LogP contribution in [0.4, 0.5) is 0 Å². The molecule has 0 atom stereocenters. The molecule has 0 saturated heterocycles. The fourth-order valence-corrected chi connectivity index (χ4v) is 2.52. The van der Waals surface area contributed by atoms with Crippen LogP contribution >= 0.6 is 27.3 Å². The molecule has 0 radical (unpaired) electrons. The molecule has 2 aromatic rings. The average Bonchev–Trinajstić information content (AvgIpc) is 2.81. The Morgan fingerprint density at radius 1 is 1.35 bits per heavy atom. The van der Waals surface area contributed by atoms with Crippen LogP contribution in [0.15, 0.2) is 22.7 Å². The van der Waals surface area contributed by atoms with Gasteiger partial charge < -0.3 is 10.1 Å². The lowest BCUT2D eigenvalue weighted by molar-refractivity contribution is 0.472. The van der Waals surface area contributed by atoms with Crippen molar-refractivity contribution in [3.8, 4) is 10.9 Å². The molecule has 0 spiro atoms. The number of aromatic nitrogens is 2. The van der Waals surface area contributed by atoms with E-state index in [1.165, 1.54) is 11.3 Å². The summed E-state index contributed by atoms with van der Waals surface area (Å²) in [6, 6.07) is 5.86. The van der Waals surface area contributed by atoms with E-state index in [1.54, 1.807) is 0 Å². The summed E-state index contributed by atoms with van der Waals surface area (Å²) in [4.78, 5) is 0. The molecule has 0 aliphatic carbocycles. The molecule has 0 amide bonds. The second kappa shape index (κ2) is 7.15. The SMILES string of the molecule is Cc1cc(Oc2nnc(CNCC(C)C)s2)ccc1Br. The van der Waals surface area contributed by atoms with Crippen molar-refractivity contribution in [3.63, 3.8) is 0 Å². The van der Waals surface area contributed by atoms with Gasteiger partial charge in [-0.05, 0) is 43.1 Å². The van der Waals surface area contributed by atoms with E-state index in [4.69, 9.17) is 4.74 Å². The minimum absolute atomic E-state index is 0.577. The molecule has 0 aliphatic rings. The lowest BCUT2D eigenvalue weighted by Crippen LogP contribution is -2.18. The molecule has 0 saturated carbocycles. The van der Waals surface area contributed by atoms with Crippen molar-refractivity contribution >= 4 is 27.3 Å². The Kier molecular flexibility index (Phi) is 5.51. The van der Waals surface area contributed by atoms with Crippen LogP contribution in [0, 0.1) is 12.8 Å². The first-order chi connectivity index (χ1) is 9.54. The van der Waals surface area contributed by atoms with Gasteiger partial charge in [-0.3, -0.25) is 0 Å². The van der Waals surface area contributed by atoms with Gasteiger partial charge in [0.2, 0.25) is 0 Å². The maximum atomic E-state index is 5.72. The highest BCUT2D eigenvalue weighted by molar-refractivity contribution is 9.10. The molecule has 108 valence electrons. The van der Waals surface area contributed by atoms with Gasteiger partial charge in [0.1, 0.15) is 10.8 Å². The maximum absolute atomic E-state index is 5.72. The molecule has 1 N–H and O–H groups in total. The molecule has 2 rings (SSSR count). The predicted molar refractivity (Wildman–Crippen MR) is 85.4 cm³/mol. The van der Waals surface area contributed by atoms with Crippen LogP contribution < -0.4 is 10.1 Å². The maximum Gasteiger partial charge on any atom is 0.299 e. The van der Waals surface area contributed by atoms with Gasteiger partial charge >= 0.3 is 0 Å². The Labute approximate surface area is 131 Å². The summed E-state index contributed by atoms with van der Waals surface area (Å²) in [5, 5.41) is 13.0. The van der Waals surface area contributed by atoms with Crippen LogP contribution in [-0.2, 0) is 6.54 Å². The van der Waals surface area contributed by atoms with Crippen molar-refractivity contribution in [2.45, 2.75) is 27.3 Å². The first kappa shape index (κ1) is 15.4. The number of hydrogen-bond donors (Lipinski definition) is 1. The van der Waals surface area contributed by atoms with Crippen molar-refractivity contribution < 1.29 is 4.74 Å². The number of nitrogens with zero attached hydrogens (tertiary/aromatic N) is 2. The van der Waals surface area contributed by atoms with E-state index >= 15 is 0 Å². The Bertz CT molecular complexity index is 571. The van der Waals surface area contributed by atoms with Crippen LogP contribution in [0.1, 0.15) is 24.4 Å². The quantitative estimate of drug-likeness (QED) is 0.845. The van der Waals surface area contributed by atoms with Gasteiger partial charge in [-0.25, -0.2) is 0 Å². The zero-order valence-electron chi connectivity index (χ0n) is 11.8. The normalized spacial score (nSPS) is 11.1. The molecular weight excluding hydrogens is 338 g/mol. The molecule has 0 bridgehead atoms. The number of nitrogens with one attached hydrogen (secondary N) is 1. The Hall–Kier alpha value is -0.980. The standard InChI is InChI=1S/C14H18BrN3OS/c1-9(2)7-16-8-13-17-18-14(20-13)19-11-4-5-12(15)10(3)6-11/h4-6,9,16H,7-8H2,1-3H3. The Balaban J connectivity index is 1.93. The van der Waals surface area contributed by atoms with Crippen molar-refractivity contribution in [1.29, 1.82) is 0 Å². The zero-order chi connectivity index (χ0) is 14.5. The lowest BCUT2D eigenvalue weighted by Gasteiger charge is -2.04. The van der Waals surface area contributed by atoms with E-state index in [-0.39, 0.29) is 0 Å². The Morgan fingerprint density at radius 2 is 2.15 bits per heavy atom. The number of rotatable bonds is 6. The van der Waals surface area contributed by atoms with E-state index in [9.17, 15) is 0 Å². The van der Waals surface area contributed by atoms with E-state index in [0.717, 1.165) is 33.9 Å². The fourth-order valence-electron chi connectivity index (χ4n) is 1.60. The minimum atomic E-state index is 0.577. The summed E-state index contributed by atoms with van der Waals surface area (Å²) in [5.41, 5.74) is 1.13. The fraction of sp³-hybridized carbons (Fsp3) is 0.429. The van der Waals surface area contributed by atoms with E-state index in [0.29, 0.717) is 11.1 Å². The molecule has 1 heterocycles. The molecule has 20 heavy (non-hydrogen) atoms. The van der Waals surface area contributed by atoms with Crippen LogP contribution in [0.5, 0.6) is 10.9 Å². The van der Waals surface area contributed by atoms with Crippen LogP contribution in [0.2, 0.25) is 0 Å². The van der Waals surface area contributed by atoms with Crippen molar-refractivity contribution in [1.82, 2.24) is 15.5 Å². The molecule has 1 aromatic carbocycles. The summed E-state index contributed by atoms with van der Waals surface area (Å²) < 4.78 is 6.79. The van der Waals surface area contributed by atoms with Gasteiger partial charge in [-0.2, -0.15) is 0 Å². The molecule has 0 fully saturated rings. The van der Waals surface area contributed by atoms with Gasteiger partial charge in [0, 0.05) is 11.0 Å². The molecule has 6 heteroatoms. The van der Waals surface area contributed by atoms with Gasteiger partial charge in [-0.1, -0.05) is 46.2 Å². The third-order valence-corrected chi connectivity index (χ3v) is 4.30. The third kappa shape index (κ3) is 4.54. The first-order valence-corrected chi connectivity index (χ1v) is 8.12. The topological polar surface area (TPSA) is 47.0 Å². The number of halogens is 1. The van der Waals surface area contributed by atoms with Gasteiger partial charge in [0.05, 0.1) is 0 Å². The molecule has 4 nitrogen and oxygen atoms in total. The van der Waals surface area contributed by atoms with Gasteiger partial charge in [0.25, 0.3) is 5.19 Å². The molecule has 1 aromatic heterocycles. The summed E-state index contributed by atoms with van der Waals surface area (Å²) in [5.74, 6) is 1.41. The molecular formula is C14H18BrN3OS. The van der Waals surface area contributed by atoms with E-state index in [1.807, 2.05) is 25.1 Å². The number of aryl methyl sites for hydroxylation is 1. The number of benzene rings is 1. The summed E-state index contributed by atoms with van der Waals surface area (Å²) in [7, 11) is 0. The molecule has 0 unspecified atom stereocenters. The predicted octanol–water partition coefficient (Wildman–Crippen LogP) is 4.15. The largest absolute Gasteiger partial charge is 0.430 e. The second-order valence-electron chi connectivity index (χ2n) is 5.00. The summed E-state index contributed by atoms with van der Waals surface area (Å²) >= 11 is 4.94. The first-order valence-electron chi connectivity index (χ1n) is 6.51. The van der Waals surface area contributed by atoms with Crippen LogP contribution in [0.3, 0.4) is 0 Å². The van der Waals surface area contributed by atoms with E-state index in [2.05, 4.69) is 45.3 Å². The number of hydrogen-bond acceptors (Lipinski definition) is 5. The highest BCUT2D eigenvalue weighted by atomic mass is 79.9. The smallest absolute Gasteiger partial charge is 0.299 e. The molecule has 0 aliphatic heterocycles. The van der Waals surface area contributed by atoms with Gasteiger partial charge in [0.15, 0.2) is 0 Å². The minimum Gasteiger partial charge on any atom is -0.430 e. The monoisotopic (exact) mass is 355 g/mol. The van der Waals surface area contributed by atoms with Crippen LogP contribution in [0.25, 0.3) is 0 Å². The van der Waals surface area contributed by atoms with E-state index < -0.39 is 0 Å². The lowest BCUT2D eigenvalue weighted by atomic mass is 10.2. The van der Waals surface area contributed by atoms with Crippen LogP contribution in [-0.4, -0.2) is 16.7 Å². The highest BCUT2D eigenvalue weighted by Crippen LogP contribution is 2.28. The number of ether oxygens (including phenoxy) is 1. The summed E-state index contributed by atoms with van der Waals surface area (Å²) in [6.45, 7) is 8.09. The average molecular weight is 356 g/mol. The zero-order valence-corrected chi connectivity index (χ0v) is 14.2. The van der Waals surface area contributed by atoms with Gasteiger partial charge in [-0.15, -0.1) is 5.10 Å². The highest BCUT2D eigenvalue weighted by Gasteiger charge is 2.07. The second-order valence-corrected chi connectivity index (χ2v) is 6.88. The van der Waals surface area contributed by atoms with Crippen molar-refractivity contribution in [2.24, 2.45) is 5.92 Å². The Morgan fingerprint density at radius 3 is 2.85 bits per heavy atom. The third-order valence-electron chi connectivity index (χ3n) is 2.61. The van der Waals surface area contributed by atoms with Crippen molar-refractivity contribution in [2.75, 3.05) is 6.54 Å².